The standard InChI is InChI=1S/C15H12BrCl3O2/c1-20-12-4-3-11(15(21-2)13(12)16)14(19)8-5-9(17)7-10(18)6-8/h3-7,14H,1-2H3. The molecule has 0 aliphatic heterocycles. The molecule has 0 aliphatic carbocycles. The molecule has 2 aromatic carbocycles. The van der Waals surface area contributed by atoms with Gasteiger partial charge >= 0.3 is 0 Å². The zero-order valence-electron chi connectivity index (χ0n) is 11.3. The second-order valence-electron chi connectivity index (χ2n) is 4.27. The number of hydrogen-bond donors (Lipinski definition) is 0. The molecule has 1 unspecified atom stereocenters. The Labute approximate surface area is 147 Å². The molecule has 0 fully saturated rings. The maximum absolute atomic E-state index is 6.57. The summed E-state index contributed by atoms with van der Waals surface area (Å²) < 4.78 is 11.4. The quantitative estimate of drug-likeness (QED) is 0.567. The maximum atomic E-state index is 6.57. The summed E-state index contributed by atoms with van der Waals surface area (Å²) in [5.41, 5.74) is 1.59. The van der Waals surface area contributed by atoms with Crippen molar-refractivity contribution in [2.75, 3.05) is 14.2 Å². The molecule has 0 aromatic heterocycles. The highest BCUT2D eigenvalue weighted by Gasteiger charge is 2.20. The molecule has 0 spiro atoms. The van der Waals surface area contributed by atoms with E-state index in [2.05, 4.69) is 15.9 Å². The fraction of sp³-hybridized carbons (Fsp3) is 0.200. The van der Waals surface area contributed by atoms with Gasteiger partial charge in [-0.25, -0.2) is 0 Å². The first kappa shape index (κ1) is 16.8. The van der Waals surface area contributed by atoms with Crippen molar-refractivity contribution < 1.29 is 9.47 Å². The van der Waals surface area contributed by atoms with E-state index in [1.165, 1.54) is 0 Å². The summed E-state index contributed by atoms with van der Waals surface area (Å²) in [6.45, 7) is 0. The Morgan fingerprint density at radius 1 is 1.00 bits per heavy atom. The zero-order chi connectivity index (χ0) is 15.6. The van der Waals surface area contributed by atoms with Crippen molar-refractivity contribution in [1.29, 1.82) is 0 Å². The number of ether oxygens (including phenoxy) is 2. The summed E-state index contributed by atoms with van der Waals surface area (Å²) in [5.74, 6) is 1.29. The number of halogens is 4. The van der Waals surface area contributed by atoms with Crippen LogP contribution >= 0.6 is 50.7 Å². The summed E-state index contributed by atoms with van der Waals surface area (Å²) in [4.78, 5) is 0. The van der Waals surface area contributed by atoms with E-state index in [0.29, 0.717) is 26.0 Å². The van der Waals surface area contributed by atoms with Gasteiger partial charge in [-0.2, -0.15) is 0 Å². The lowest BCUT2D eigenvalue weighted by Gasteiger charge is -2.17. The molecular weight excluding hydrogens is 398 g/mol. The van der Waals surface area contributed by atoms with Gasteiger partial charge in [0.05, 0.1) is 19.6 Å². The van der Waals surface area contributed by atoms with Crippen LogP contribution < -0.4 is 9.47 Å². The maximum Gasteiger partial charge on any atom is 0.141 e. The van der Waals surface area contributed by atoms with E-state index >= 15 is 0 Å². The van der Waals surface area contributed by atoms with Crippen molar-refractivity contribution in [2.24, 2.45) is 0 Å². The molecule has 21 heavy (non-hydrogen) atoms. The third-order valence-electron chi connectivity index (χ3n) is 2.97. The van der Waals surface area contributed by atoms with Gasteiger partial charge in [-0.3, -0.25) is 0 Å². The first-order chi connectivity index (χ1) is 9.97. The molecule has 2 aromatic rings. The van der Waals surface area contributed by atoms with Crippen LogP contribution in [0.2, 0.25) is 10.0 Å². The molecule has 0 heterocycles. The van der Waals surface area contributed by atoms with E-state index in [1.54, 1.807) is 32.4 Å². The first-order valence-electron chi connectivity index (χ1n) is 5.98. The first-order valence-corrected chi connectivity index (χ1v) is 7.97. The molecule has 0 bridgehead atoms. The topological polar surface area (TPSA) is 18.5 Å². The Balaban J connectivity index is 2.52. The van der Waals surface area contributed by atoms with Gasteiger partial charge in [0, 0.05) is 15.6 Å². The van der Waals surface area contributed by atoms with Crippen molar-refractivity contribution >= 4 is 50.7 Å². The van der Waals surface area contributed by atoms with Gasteiger partial charge < -0.3 is 9.47 Å². The number of hydrogen-bond acceptors (Lipinski definition) is 2. The smallest absolute Gasteiger partial charge is 0.141 e. The Morgan fingerprint density at radius 3 is 2.14 bits per heavy atom. The largest absolute Gasteiger partial charge is 0.495 e. The molecule has 112 valence electrons. The summed E-state index contributed by atoms with van der Waals surface area (Å²) in [6.07, 6.45) is 0. The minimum atomic E-state index is -0.446. The summed E-state index contributed by atoms with van der Waals surface area (Å²) in [7, 11) is 3.17. The third kappa shape index (κ3) is 3.59. The van der Waals surface area contributed by atoms with Gasteiger partial charge in [-0.15, -0.1) is 11.6 Å². The predicted molar refractivity (Wildman–Crippen MR) is 91.4 cm³/mol. The Morgan fingerprint density at radius 2 is 1.62 bits per heavy atom. The second kappa shape index (κ2) is 7.10. The molecular formula is C15H12BrCl3O2. The van der Waals surface area contributed by atoms with Crippen molar-refractivity contribution in [3.05, 3.63) is 56.0 Å². The van der Waals surface area contributed by atoms with Crippen LogP contribution in [0.1, 0.15) is 16.5 Å². The fourth-order valence-electron chi connectivity index (χ4n) is 2.02. The normalized spacial score (nSPS) is 12.1. The Hall–Kier alpha value is -0.610. The monoisotopic (exact) mass is 408 g/mol. The molecule has 0 aliphatic rings. The molecule has 2 rings (SSSR count). The molecule has 0 N–H and O–H groups in total. The van der Waals surface area contributed by atoms with E-state index in [0.717, 1.165) is 11.1 Å². The number of rotatable bonds is 4. The van der Waals surface area contributed by atoms with Crippen LogP contribution in [0.15, 0.2) is 34.8 Å². The van der Waals surface area contributed by atoms with Gasteiger partial charge in [0.1, 0.15) is 16.0 Å². The minimum absolute atomic E-state index is 0.446. The average molecular weight is 411 g/mol. The summed E-state index contributed by atoms with van der Waals surface area (Å²) in [5, 5.41) is 0.628. The predicted octanol–water partition coefficient (Wildman–Crippen LogP) is 6.10. The van der Waals surface area contributed by atoms with Crippen LogP contribution in [0.25, 0.3) is 0 Å². The van der Waals surface area contributed by atoms with Gasteiger partial charge in [-0.1, -0.05) is 23.2 Å². The highest BCUT2D eigenvalue weighted by molar-refractivity contribution is 9.10. The van der Waals surface area contributed by atoms with Crippen LogP contribution in [0.5, 0.6) is 11.5 Å². The fourth-order valence-corrected chi connectivity index (χ4v) is 3.54. The SMILES string of the molecule is COc1ccc(C(Cl)c2cc(Cl)cc(Cl)c2)c(OC)c1Br. The van der Waals surface area contributed by atoms with Crippen molar-refractivity contribution in [3.8, 4) is 11.5 Å². The van der Waals surface area contributed by atoms with Gasteiger partial charge in [0.2, 0.25) is 0 Å². The summed E-state index contributed by atoms with van der Waals surface area (Å²) in [6, 6.07) is 8.90. The minimum Gasteiger partial charge on any atom is -0.495 e. The van der Waals surface area contributed by atoms with Crippen LogP contribution in [0.4, 0.5) is 0 Å². The zero-order valence-corrected chi connectivity index (χ0v) is 15.1. The molecule has 1 atom stereocenters. The molecule has 0 radical (unpaired) electrons. The number of benzene rings is 2. The highest BCUT2D eigenvalue weighted by Crippen LogP contribution is 2.44. The molecule has 0 saturated carbocycles. The lowest BCUT2D eigenvalue weighted by atomic mass is 10.0. The van der Waals surface area contributed by atoms with E-state index in [1.807, 2.05) is 12.1 Å². The van der Waals surface area contributed by atoms with Crippen LogP contribution in [-0.2, 0) is 0 Å². The van der Waals surface area contributed by atoms with E-state index in [-0.39, 0.29) is 0 Å². The van der Waals surface area contributed by atoms with Crippen molar-refractivity contribution in [3.63, 3.8) is 0 Å². The molecule has 0 amide bonds. The third-order valence-corrected chi connectivity index (χ3v) is 4.64. The van der Waals surface area contributed by atoms with E-state index in [9.17, 15) is 0 Å². The van der Waals surface area contributed by atoms with Gasteiger partial charge in [0.25, 0.3) is 0 Å². The Bertz CT molecular complexity index is 641. The second-order valence-corrected chi connectivity index (χ2v) is 6.37. The average Bonchev–Trinajstić information content (AvgIpc) is 2.45. The molecule has 6 heteroatoms. The van der Waals surface area contributed by atoms with E-state index < -0.39 is 5.38 Å². The van der Waals surface area contributed by atoms with Crippen LogP contribution in [0.3, 0.4) is 0 Å². The van der Waals surface area contributed by atoms with Crippen molar-refractivity contribution in [2.45, 2.75) is 5.38 Å². The van der Waals surface area contributed by atoms with Crippen LogP contribution in [-0.4, -0.2) is 14.2 Å². The van der Waals surface area contributed by atoms with E-state index in [4.69, 9.17) is 44.3 Å². The number of methoxy groups -OCH3 is 2. The summed E-state index contributed by atoms with van der Waals surface area (Å²) >= 11 is 22.1. The number of alkyl halides is 1. The molecule has 0 saturated heterocycles. The lowest BCUT2D eigenvalue weighted by molar-refractivity contribution is 0.386. The lowest BCUT2D eigenvalue weighted by Crippen LogP contribution is -2.00. The van der Waals surface area contributed by atoms with Gasteiger partial charge in [-0.05, 0) is 51.8 Å². The van der Waals surface area contributed by atoms with Crippen LogP contribution in [0, 0.1) is 0 Å². The Kier molecular flexibility index (Phi) is 5.67. The van der Waals surface area contributed by atoms with Gasteiger partial charge in [0.15, 0.2) is 0 Å². The highest BCUT2D eigenvalue weighted by atomic mass is 79.9. The molecule has 2 nitrogen and oxygen atoms in total. The van der Waals surface area contributed by atoms with Crippen molar-refractivity contribution in [1.82, 2.24) is 0 Å².